The van der Waals surface area contributed by atoms with Crippen LogP contribution >= 0.6 is 0 Å². The Labute approximate surface area is 198 Å². The molecular weight excluding hydrogens is 452 g/mol. The van der Waals surface area contributed by atoms with Gasteiger partial charge in [0.2, 0.25) is 26.6 Å². The molecule has 1 aliphatic rings. The van der Waals surface area contributed by atoms with E-state index in [9.17, 15) is 8.42 Å². The van der Waals surface area contributed by atoms with Crippen LogP contribution in [0.4, 0.5) is 5.88 Å². The number of sulfone groups is 1. The lowest BCUT2D eigenvalue weighted by molar-refractivity contribution is 0.171. The summed E-state index contributed by atoms with van der Waals surface area (Å²) < 4.78 is 44.4. The number of ether oxygens (including phenoxy) is 2. The van der Waals surface area contributed by atoms with Crippen molar-refractivity contribution < 1.29 is 22.3 Å². The van der Waals surface area contributed by atoms with Crippen molar-refractivity contribution in [2.75, 3.05) is 18.5 Å². The number of benzene rings is 3. The van der Waals surface area contributed by atoms with Gasteiger partial charge in [0.25, 0.3) is 0 Å². The second-order valence-electron chi connectivity index (χ2n) is 8.17. The number of hydrogen-bond donors (Lipinski definition) is 1. The summed E-state index contributed by atoms with van der Waals surface area (Å²) in [6.45, 7) is 5.14. The van der Waals surface area contributed by atoms with Gasteiger partial charge in [-0.2, -0.15) is 4.98 Å². The molecule has 0 unspecified atom stereocenters. The third-order valence-corrected chi connectivity index (χ3v) is 7.17. The fourth-order valence-electron chi connectivity index (χ4n) is 3.69. The van der Waals surface area contributed by atoms with E-state index in [1.807, 2.05) is 62.4 Å². The van der Waals surface area contributed by atoms with E-state index in [-0.39, 0.29) is 21.7 Å². The summed E-state index contributed by atoms with van der Waals surface area (Å²) in [5.41, 5.74) is 3.84. The first kappa shape index (κ1) is 22.0. The number of rotatable bonds is 6. The van der Waals surface area contributed by atoms with Crippen molar-refractivity contribution >= 4 is 15.7 Å². The van der Waals surface area contributed by atoms with E-state index in [1.54, 1.807) is 6.07 Å². The van der Waals surface area contributed by atoms with Crippen LogP contribution in [0.3, 0.4) is 0 Å². The van der Waals surface area contributed by atoms with Crippen LogP contribution in [0.5, 0.6) is 11.5 Å². The molecule has 1 N–H and O–H groups in total. The zero-order valence-corrected chi connectivity index (χ0v) is 19.7. The standard InChI is InChI=1S/C26H24N2O5S/c1-17-6-8-19(9-7-17)16-27-25-26(28-24(33-25)20-5-3-4-18(2)14-20)34(29,30)21-10-11-22-23(15-21)32-13-12-31-22/h3-11,14-15,27H,12-13,16H2,1-2H3. The third-order valence-electron chi connectivity index (χ3n) is 5.51. The molecule has 0 radical (unpaired) electrons. The maximum atomic E-state index is 13.6. The molecular formula is C26H24N2O5S. The molecule has 0 amide bonds. The minimum absolute atomic E-state index is 0.0548. The van der Waals surface area contributed by atoms with Gasteiger partial charge in [0.15, 0.2) is 11.5 Å². The number of hydrogen-bond acceptors (Lipinski definition) is 7. The molecule has 2 heterocycles. The van der Waals surface area contributed by atoms with Crippen molar-refractivity contribution in [2.24, 2.45) is 0 Å². The fraction of sp³-hybridized carbons (Fsp3) is 0.192. The van der Waals surface area contributed by atoms with Crippen LogP contribution in [-0.2, 0) is 16.4 Å². The molecule has 174 valence electrons. The molecule has 0 saturated heterocycles. The molecule has 1 aliphatic heterocycles. The smallest absolute Gasteiger partial charge is 0.234 e. The van der Waals surface area contributed by atoms with E-state index in [2.05, 4.69) is 10.3 Å². The number of fused-ring (bicyclic) bond motifs is 1. The Bertz CT molecular complexity index is 1440. The number of nitrogens with zero attached hydrogens (tertiary/aromatic N) is 1. The van der Waals surface area contributed by atoms with Gasteiger partial charge in [-0.1, -0.05) is 47.5 Å². The molecule has 4 aromatic rings. The average molecular weight is 477 g/mol. The van der Waals surface area contributed by atoms with Gasteiger partial charge in [0, 0.05) is 18.2 Å². The highest BCUT2D eigenvalue weighted by Crippen LogP contribution is 2.37. The van der Waals surface area contributed by atoms with Crippen LogP contribution in [0.25, 0.3) is 11.5 Å². The molecule has 5 rings (SSSR count). The first-order chi connectivity index (χ1) is 16.4. The topological polar surface area (TPSA) is 90.7 Å². The second-order valence-corrected chi connectivity index (χ2v) is 10.0. The lowest BCUT2D eigenvalue weighted by Crippen LogP contribution is -2.16. The van der Waals surface area contributed by atoms with E-state index in [0.717, 1.165) is 16.7 Å². The highest BCUT2D eigenvalue weighted by Gasteiger charge is 2.30. The van der Waals surface area contributed by atoms with Gasteiger partial charge in [0.1, 0.15) is 13.2 Å². The number of nitrogens with one attached hydrogen (secondary N) is 1. The molecule has 0 atom stereocenters. The van der Waals surface area contributed by atoms with E-state index >= 15 is 0 Å². The number of anilines is 1. The largest absolute Gasteiger partial charge is 0.486 e. The van der Waals surface area contributed by atoms with Crippen molar-refractivity contribution in [3.05, 3.63) is 83.4 Å². The van der Waals surface area contributed by atoms with Crippen molar-refractivity contribution in [1.29, 1.82) is 0 Å². The van der Waals surface area contributed by atoms with Crippen molar-refractivity contribution in [3.63, 3.8) is 0 Å². The number of aryl methyl sites for hydroxylation is 2. The Morgan fingerprint density at radius 1 is 0.882 bits per heavy atom. The van der Waals surface area contributed by atoms with Crippen LogP contribution in [0.1, 0.15) is 16.7 Å². The van der Waals surface area contributed by atoms with E-state index in [4.69, 9.17) is 13.9 Å². The maximum absolute atomic E-state index is 13.6. The van der Waals surface area contributed by atoms with Gasteiger partial charge in [-0.3, -0.25) is 0 Å². The van der Waals surface area contributed by atoms with Gasteiger partial charge < -0.3 is 19.2 Å². The van der Waals surface area contributed by atoms with Gasteiger partial charge in [0.05, 0.1) is 4.90 Å². The summed E-state index contributed by atoms with van der Waals surface area (Å²) in [4.78, 5) is 4.47. The first-order valence-electron chi connectivity index (χ1n) is 10.9. The highest BCUT2D eigenvalue weighted by atomic mass is 32.2. The Morgan fingerprint density at radius 2 is 1.65 bits per heavy atom. The monoisotopic (exact) mass is 476 g/mol. The lowest BCUT2D eigenvalue weighted by atomic mass is 10.1. The molecule has 34 heavy (non-hydrogen) atoms. The Kier molecular flexibility index (Phi) is 5.75. The zero-order chi connectivity index (χ0) is 23.7. The molecule has 1 aromatic heterocycles. The van der Waals surface area contributed by atoms with Crippen molar-refractivity contribution in [2.45, 2.75) is 30.3 Å². The molecule has 3 aromatic carbocycles. The maximum Gasteiger partial charge on any atom is 0.234 e. The van der Waals surface area contributed by atoms with E-state index in [1.165, 1.54) is 12.1 Å². The molecule has 7 nitrogen and oxygen atoms in total. The predicted molar refractivity (Wildman–Crippen MR) is 128 cm³/mol. The average Bonchev–Trinajstić information content (AvgIpc) is 3.29. The zero-order valence-electron chi connectivity index (χ0n) is 18.9. The second kappa shape index (κ2) is 8.87. The Hall–Kier alpha value is -3.78. The molecule has 0 fully saturated rings. The minimum Gasteiger partial charge on any atom is -0.486 e. The minimum atomic E-state index is -4.01. The number of oxazole rings is 1. The van der Waals surface area contributed by atoms with Gasteiger partial charge >= 0.3 is 0 Å². The van der Waals surface area contributed by atoms with Crippen molar-refractivity contribution in [1.82, 2.24) is 4.98 Å². The summed E-state index contributed by atoms with van der Waals surface area (Å²) in [5, 5.41) is 2.95. The van der Waals surface area contributed by atoms with Crippen LogP contribution in [0, 0.1) is 13.8 Å². The summed E-state index contributed by atoms with van der Waals surface area (Å²) >= 11 is 0. The molecule has 0 saturated carbocycles. The SMILES string of the molecule is Cc1ccc(CNc2oc(-c3cccc(C)c3)nc2S(=O)(=O)c2ccc3c(c2)OCCO3)cc1. The highest BCUT2D eigenvalue weighted by molar-refractivity contribution is 7.91. The molecule has 0 spiro atoms. The predicted octanol–water partition coefficient (Wildman–Crippen LogP) is 5.17. The Morgan fingerprint density at radius 3 is 2.41 bits per heavy atom. The summed E-state index contributed by atoms with van der Waals surface area (Å²) in [7, 11) is -4.01. The van der Waals surface area contributed by atoms with Crippen LogP contribution < -0.4 is 14.8 Å². The lowest BCUT2D eigenvalue weighted by Gasteiger charge is -2.18. The normalized spacial score (nSPS) is 13.0. The summed E-state index contributed by atoms with van der Waals surface area (Å²) in [6.07, 6.45) is 0. The van der Waals surface area contributed by atoms with Crippen LogP contribution in [0.2, 0.25) is 0 Å². The van der Waals surface area contributed by atoms with Gasteiger partial charge in [-0.25, -0.2) is 8.42 Å². The quantitative estimate of drug-likeness (QED) is 0.410. The third kappa shape index (κ3) is 4.36. The molecule has 8 heteroatoms. The summed E-state index contributed by atoms with van der Waals surface area (Å²) in [5.74, 6) is 1.23. The Balaban J connectivity index is 1.55. The fourth-order valence-corrected chi connectivity index (χ4v) is 4.99. The van der Waals surface area contributed by atoms with Crippen molar-refractivity contribution in [3.8, 4) is 23.0 Å². The van der Waals surface area contributed by atoms with E-state index < -0.39 is 9.84 Å². The van der Waals surface area contributed by atoms with Crippen LogP contribution in [0.15, 0.2) is 81.1 Å². The van der Waals surface area contributed by atoms with Crippen LogP contribution in [-0.4, -0.2) is 26.6 Å². The molecule has 0 aliphatic carbocycles. The van der Waals surface area contributed by atoms with Gasteiger partial charge in [-0.15, -0.1) is 0 Å². The number of aromatic nitrogens is 1. The van der Waals surface area contributed by atoms with E-state index in [0.29, 0.717) is 36.8 Å². The van der Waals surface area contributed by atoms with Gasteiger partial charge in [-0.05, 0) is 43.7 Å². The first-order valence-corrected chi connectivity index (χ1v) is 12.4. The summed E-state index contributed by atoms with van der Waals surface area (Å²) in [6, 6.07) is 20.1. The molecule has 0 bridgehead atoms.